The van der Waals surface area contributed by atoms with Crippen LogP contribution in [0.2, 0.25) is 0 Å². The number of nitrogens with one attached hydrogen (secondary N) is 1. The second-order valence-electron chi connectivity index (χ2n) is 3.43. The Kier molecular flexibility index (Phi) is 6.68. The first-order valence-electron chi connectivity index (χ1n) is 5.80. The summed E-state index contributed by atoms with van der Waals surface area (Å²) in [6.45, 7) is 0.215. The van der Waals surface area contributed by atoms with Crippen LogP contribution in [-0.2, 0) is 11.3 Å². The van der Waals surface area contributed by atoms with E-state index in [0.29, 0.717) is 5.69 Å². The molecule has 2 aromatic rings. The van der Waals surface area contributed by atoms with Crippen molar-refractivity contribution in [3.63, 3.8) is 0 Å². The maximum absolute atomic E-state index is 11.4. The lowest BCUT2D eigenvalue weighted by atomic mass is 10.3. The van der Waals surface area contributed by atoms with Crippen LogP contribution in [0.3, 0.4) is 0 Å². The second kappa shape index (κ2) is 8.66. The Labute approximate surface area is 112 Å². The summed E-state index contributed by atoms with van der Waals surface area (Å²) in [6, 6.07) is 12.8. The third-order valence-electron chi connectivity index (χ3n) is 2.11. The number of aromatic nitrogens is 1. The number of hydrogen-bond donors (Lipinski definition) is 2. The maximum atomic E-state index is 11.4. The zero-order valence-electron chi connectivity index (χ0n) is 10.7. The summed E-state index contributed by atoms with van der Waals surface area (Å²) >= 11 is 0. The van der Waals surface area contributed by atoms with Crippen LogP contribution in [0.25, 0.3) is 0 Å². The van der Waals surface area contributed by atoms with E-state index in [1.165, 1.54) is 7.05 Å². The van der Waals surface area contributed by atoms with Gasteiger partial charge in [0.25, 0.3) is 0 Å². The molecule has 0 saturated heterocycles. The van der Waals surface area contributed by atoms with E-state index in [4.69, 9.17) is 4.74 Å². The van der Waals surface area contributed by atoms with E-state index in [9.17, 15) is 4.79 Å². The van der Waals surface area contributed by atoms with Crippen molar-refractivity contribution in [3.8, 4) is 0 Å². The molecule has 1 aromatic carbocycles. The van der Waals surface area contributed by atoms with E-state index in [0.717, 1.165) is 5.56 Å². The first kappa shape index (κ1) is 14.7. The van der Waals surface area contributed by atoms with Crippen LogP contribution in [0, 0.1) is 0 Å². The van der Waals surface area contributed by atoms with Crippen LogP contribution >= 0.6 is 0 Å². The summed E-state index contributed by atoms with van der Waals surface area (Å²) < 4.78 is 5.04. The largest absolute Gasteiger partial charge is 0.444 e. The minimum Gasteiger partial charge on any atom is -0.444 e. The lowest BCUT2D eigenvalue weighted by molar-refractivity contribution is 0.155. The Bertz CT molecular complexity index is 475. The Hall–Kier alpha value is -2.40. The molecule has 0 spiro atoms. The highest BCUT2D eigenvalue weighted by atomic mass is 16.5. The number of ether oxygens (including phenoxy) is 1. The molecule has 0 bridgehead atoms. The lowest BCUT2D eigenvalue weighted by Crippen LogP contribution is -2.13. The van der Waals surface area contributed by atoms with E-state index in [1.54, 1.807) is 30.6 Å². The molecule has 1 aromatic heterocycles. The highest BCUT2D eigenvalue weighted by molar-refractivity contribution is 5.84. The van der Waals surface area contributed by atoms with Gasteiger partial charge in [0.15, 0.2) is 0 Å². The summed E-state index contributed by atoms with van der Waals surface area (Å²) in [5.74, 6) is 0. The number of carbonyl (C=O) groups excluding carboxylic acids is 1. The number of pyridine rings is 1. The van der Waals surface area contributed by atoms with E-state index in [1.807, 2.05) is 24.3 Å². The molecule has 2 rings (SSSR count). The van der Waals surface area contributed by atoms with Gasteiger partial charge in [0.1, 0.15) is 6.61 Å². The summed E-state index contributed by atoms with van der Waals surface area (Å²) in [4.78, 5) is 15.4. The molecule has 0 atom stereocenters. The topological polar surface area (TPSA) is 77.2 Å². The Morgan fingerprint density at radius 1 is 1.21 bits per heavy atom. The quantitative estimate of drug-likeness (QED) is 0.887. The number of carbonyl (C=O) groups is 1. The van der Waals surface area contributed by atoms with E-state index in [2.05, 4.69) is 16.0 Å². The van der Waals surface area contributed by atoms with Gasteiger partial charge in [-0.15, -0.1) is 0 Å². The van der Waals surface area contributed by atoms with Crippen molar-refractivity contribution < 1.29 is 9.53 Å². The van der Waals surface area contributed by atoms with Gasteiger partial charge < -0.3 is 10.5 Å². The van der Waals surface area contributed by atoms with Crippen molar-refractivity contribution in [1.29, 1.82) is 0 Å². The first-order valence-corrected chi connectivity index (χ1v) is 5.80. The molecule has 1 heterocycles. The average molecular weight is 259 g/mol. The molecule has 0 radical (unpaired) electrons. The maximum Gasteiger partial charge on any atom is 0.411 e. The zero-order chi connectivity index (χ0) is 13.9. The van der Waals surface area contributed by atoms with Crippen molar-refractivity contribution in [2.75, 3.05) is 12.4 Å². The molecule has 1 amide bonds. The van der Waals surface area contributed by atoms with Crippen LogP contribution in [-0.4, -0.2) is 18.1 Å². The second-order valence-corrected chi connectivity index (χ2v) is 3.43. The van der Waals surface area contributed by atoms with Crippen molar-refractivity contribution in [3.05, 3.63) is 60.4 Å². The predicted octanol–water partition coefficient (Wildman–Crippen LogP) is 2.41. The minimum absolute atomic E-state index is 0.215. The van der Waals surface area contributed by atoms with Crippen LogP contribution in [0.5, 0.6) is 0 Å². The molecule has 5 nitrogen and oxygen atoms in total. The van der Waals surface area contributed by atoms with Gasteiger partial charge in [-0.05, 0) is 25.2 Å². The summed E-state index contributed by atoms with van der Waals surface area (Å²) in [5, 5.41) is 2.63. The molecular formula is C14H17N3O2. The van der Waals surface area contributed by atoms with Crippen LogP contribution < -0.4 is 11.1 Å². The highest BCUT2D eigenvalue weighted by Crippen LogP contribution is 2.06. The van der Waals surface area contributed by atoms with Gasteiger partial charge in [-0.1, -0.05) is 24.3 Å². The number of nitrogens with two attached hydrogens (primary N) is 1. The average Bonchev–Trinajstić information content (AvgIpc) is 2.49. The van der Waals surface area contributed by atoms with Gasteiger partial charge in [0.05, 0.1) is 0 Å². The molecule has 0 saturated carbocycles. The molecule has 0 aliphatic rings. The fourth-order valence-electron chi connectivity index (χ4n) is 1.31. The monoisotopic (exact) mass is 259 g/mol. The summed E-state index contributed by atoms with van der Waals surface area (Å²) in [5.41, 5.74) is 6.07. The highest BCUT2D eigenvalue weighted by Gasteiger charge is 2.02. The van der Waals surface area contributed by atoms with E-state index < -0.39 is 6.09 Å². The van der Waals surface area contributed by atoms with Crippen molar-refractivity contribution in [2.24, 2.45) is 5.73 Å². The van der Waals surface area contributed by atoms with Crippen LogP contribution in [0.1, 0.15) is 5.56 Å². The van der Waals surface area contributed by atoms with Crippen molar-refractivity contribution in [2.45, 2.75) is 6.61 Å². The molecule has 0 aliphatic heterocycles. The smallest absolute Gasteiger partial charge is 0.411 e. The van der Waals surface area contributed by atoms with Gasteiger partial charge in [-0.2, -0.15) is 0 Å². The number of nitrogens with zero attached hydrogens (tertiary/aromatic N) is 1. The third kappa shape index (κ3) is 5.65. The number of hydrogen-bond acceptors (Lipinski definition) is 4. The standard InChI is InChI=1S/C13H12N2O2.CH5N/c16-13(15-12-6-2-1-3-7-12)17-10-11-5-4-8-14-9-11;1-2/h1-9H,10H2,(H,15,16);2H2,1H3. The van der Waals surface area contributed by atoms with Crippen molar-refractivity contribution >= 4 is 11.8 Å². The number of benzene rings is 1. The van der Waals surface area contributed by atoms with Gasteiger partial charge in [0.2, 0.25) is 0 Å². The summed E-state index contributed by atoms with van der Waals surface area (Å²) in [6.07, 6.45) is 2.86. The number of anilines is 1. The summed E-state index contributed by atoms with van der Waals surface area (Å²) in [7, 11) is 1.50. The molecular weight excluding hydrogens is 242 g/mol. The Morgan fingerprint density at radius 2 is 1.95 bits per heavy atom. The molecule has 0 fully saturated rings. The van der Waals surface area contributed by atoms with Gasteiger partial charge in [0, 0.05) is 23.6 Å². The Balaban J connectivity index is 0.000000861. The number of para-hydroxylation sites is 1. The van der Waals surface area contributed by atoms with Gasteiger partial charge >= 0.3 is 6.09 Å². The SMILES string of the molecule is CN.O=C(Nc1ccccc1)OCc1cccnc1. The molecule has 19 heavy (non-hydrogen) atoms. The van der Waals surface area contributed by atoms with Crippen LogP contribution in [0.15, 0.2) is 54.9 Å². The van der Waals surface area contributed by atoms with E-state index in [-0.39, 0.29) is 6.61 Å². The predicted molar refractivity (Wildman–Crippen MR) is 74.6 cm³/mol. The third-order valence-corrected chi connectivity index (χ3v) is 2.11. The minimum atomic E-state index is -0.472. The number of amides is 1. The number of rotatable bonds is 3. The molecule has 0 aliphatic carbocycles. The lowest BCUT2D eigenvalue weighted by Gasteiger charge is -2.06. The zero-order valence-corrected chi connectivity index (χ0v) is 10.7. The molecule has 100 valence electrons. The van der Waals surface area contributed by atoms with Crippen molar-refractivity contribution in [1.82, 2.24) is 4.98 Å². The van der Waals surface area contributed by atoms with Crippen LogP contribution in [0.4, 0.5) is 10.5 Å². The van der Waals surface area contributed by atoms with E-state index >= 15 is 0 Å². The fourth-order valence-corrected chi connectivity index (χ4v) is 1.31. The molecule has 3 N–H and O–H groups in total. The first-order chi connectivity index (χ1) is 9.34. The molecule has 5 heteroatoms. The normalized spacial score (nSPS) is 8.95. The van der Waals surface area contributed by atoms with Gasteiger partial charge in [-0.3, -0.25) is 10.3 Å². The fraction of sp³-hybridized carbons (Fsp3) is 0.143. The van der Waals surface area contributed by atoms with Gasteiger partial charge in [-0.25, -0.2) is 4.79 Å². The molecule has 0 unspecified atom stereocenters. The Morgan fingerprint density at radius 3 is 2.58 bits per heavy atom.